The van der Waals surface area contributed by atoms with Gasteiger partial charge in [0.05, 0.1) is 17.1 Å². The molecule has 0 saturated carbocycles. The van der Waals surface area contributed by atoms with Gasteiger partial charge in [0, 0.05) is 6.20 Å². The molecule has 0 saturated heterocycles. The summed E-state index contributed by atoms with van der Waals surface area (Å²) >= 11 is 0. The normalized spacial score (nSPS) is 10.2. The number of aromatic nitrogens is 3. The lowest BCUT2D eigenvalue weighted by Crippen LogP contribution is -2.22. The van der Waals surface area contributed by atoms with E-state index in [2.05, 4.69) is 20.5 Å². The van der Waals surface area contributed by atoms with Crippen molar-refractivity contribution in [2.45, 2.75) is 13.8 Å². The Labute approximate surface area is 97.1 Å². The van der Waals surface area contributed by atoms with Crippen molar-refractivity contribution in [3.05, 3.63) is 45.6 Å². The first-order chi connectivity index (χ1) is 8.09. The van der Waals surface area contributed by atoms with E-state index in [9.17, 15) is 9.59 Å². The third-order valence-corrected chi connectivity index (χ3v) is 2.43. The summed E-state index contributed by atoms with van der Waals surface area (Å²) < 4.78 is 0. The van der Waals surface area contributed by atoms with Crippen LogP contribution in [0.2, 0.25) is 0 Å². The Morgan fingerprint density at radius 2 is 2.18 bits per heavy atom. The summed E-state index contributed by atoms with van der Waals surface area (Å²) in [6.45, 7) is 3.57. The number of rotatable bonds is 2. The van der Waals surface area contributed by atoms with Crippen molar-refractivity contribution in [1.82, 2.24) is 15.2 Å². The molecule has 1 amide bonds. The number of pyridine rings is 1. The summed E-state index contributed by atoms with van der Waals surface area (Å²) in [4.78, 5) is 25.7. The smallest absolute Gasteiger partial charge is 0.261 e. The van der Waals surface area contributed by atoms with Gasteiger partial charge in [-0.15, -0.1) is 0 Å². The van der Waals surface area contributed by atoms with Crippen molar-refractivity contribution in [2.24, 2.45) is 0 Å². The van der Waals surface area contributed by atoms with E-state index in [0.29, 0.717) is 11.4 Å². The second-order valence-corrected chi connectivity index (χ2v) is 3.68. The van der Waals surface area contributed by atoms with Gasteiger partial charge >= 0.3 is 0 Å². The zero-order chi connectivity index (χ0) is 12.4. The standard InChI is InChI=1S/C11H12N4O2/c1-6-9(7(2)15-14-6)13-11(17)8-4-3-5-12-10(8)16/h3-5H,1-2H3,(H,12,16)(H,13,17)(H,14,15). The highest BCUT2D eigenvalue weighted by Gasteiger charge is 2.13. The van der Waals surface area contributed by atoms with Crippen molar-refractivity contribution in [1.29, 1.82) is 0 Å². The van der Waals surface area contributed by atoms with Crippen molar-refractivity contribution in [3.8, 4) is 0 Å². The van der Waals surface area contributed by atoms with Crippen LogP contribution in [0.5, 0.6) is 0 Å². The highest BCUT2D eigenvalue weighted by Crippen LogP contribution is 2.16. The van der Waals surface area contributed by atoms with Gasteiger partial charge in [-0.2, -0.15) is 5.10 Å². The first-order valence-electron chi connectivity index (χ1n) is 5.10. The number of aryl methyl sites for hydroxylation is 2. The van der Waals surface area contributed by atoms with Crippen LogP contribution in [0.1, 0.15) is 21.7 Å². The summed E-state index contributed by atoms with van der Waals surface area (Å²) in [6.07, 6.45) is 1.48. The minimum Gasteiger partial charge on any atom is -0.328 e. The molecule has 2 heterocycles. The van der Waals surface area contributed by atoms with Crippen molar-refractivity contribution in [3.63, 3.8) is 0 Å². The fourth-order valence-electron chi connectivity index (χ4n) is 1.52. The monoisotopic (exact) mass is 232 g/mol. The third kappa shape index (κ3) is 2.10. The van der Waals surface area contributed by atoms with E-state index < -0.39 is 11.5 Å². The molecule has 0 spiro atoms. The molecule has 3 N–H and O–H groups in total. The Hall–Kier alpha value is -2.37. The zero-order valence-corrected chi connectivity index (χ0v) is 9.50. The average molecular weight is 232 g/mol. The van der Waals surface area contributed by atoms with Crippen LogP contribution in [-0.4, -0.2) is 21.1 Å². The van der Waals surface area contributed by atoms with E-state index in [1.54, 1.807) is 19.9 Å². The van der Waals surface area contributed by atoms with Gasteiger partial charge in [0.1, 0.15) is 5.56 Å². The lowest BCUT2D eigenvalue weighted by Gasteiger charge is -2.04. The average Bonchev–Trinajstić information content (AvgIpc) is 2.61. The van der Waals surface area contributed by atoms with E-state index >= 15 is 0 Å². The molecule has 88 valence electrons. The predicted molar refractivity (Wildman–Crippen MR) is 63.1 cm³/mol. The van der Waals surface area contributed by atoms with Gasteiger partial charge in [0.2, 0.25) is 0 Å². The second kappa shape index (κ2) is 4.25. The van der Waals surface area contributed by atoms with Gasteiger partial charge in [-0.25, -0.2) is 0 Å². The van der Waals surface area contributed by atoms with Gasteiger partial charge in [-0.1, -0.05) is 0 Å². The number of aromatic amines is 2. The lowest BCUT2D eigenvalue weighted by atomic mass is 10.2. The van der Waals surface area contributed by atoms with E-state index in [0.717, 1.165) is 5.69 Å². The summed E-state index contributed by atoms with van der Waals surface area (Å²) in [5.41, 5.74) is 1.71. The Morgan fingerprint density at radius 3 is 2.76 bits per heavy atom. The first kappa shape index (κ1) is 11.1. The van der Waals surface area contributed by atoms with Crippen LogP contribution >= 0.6 is 0 Å². The molecule has 0 fully saturated rings. The largest absolute Gasteiger partial charge is 0.328 e. The van der Waals surface area contributed by atoms with Crippen LogP contribution in [0.3, 0.4) is 0 Å². The molecule has 0 aliphatic rings. The summed E-state index contributed by atoms with van der Waals surface area (Å²) in [5.74, 6) is -0.445. The Morgan fingerprint density at radius 1 is 1.41 bits per heavy atom. The van der Waals surface area contributed by atoms with Crippen LogP contribution < -0.4 is 10.9 Å². The molecule has 0 aliphatic carbocycles. The minimum atomic E-state index is -0.445. The summed E-state index contributed by atoms with van der Waals surface area (Å²) in [6, 6.07) is 3.07. The highest BCUT2D eigenvalue weighted by atomic mass is 16.2. The quantitative estimate of drug-likeness (QED) is 0.720. The molecule has 0 bridgehead atoms. The Kier molecular flexibility index (Phi) is 2.78. The zero-order valence-electron chi connectivity index (χ0n) is 9.50. The van der Waals surface area contributed by atoms with Crippen LogP contribution in [0.4, 0.5) is 5.69 Å². The summed E-state index contributed by atoms with van der Waals surface area (Å²) in [7, 11) is 0. The molecular formula is C11H12N4O2. The maximum Gasteiger partial charge on any atom is 0.261 e. The van der Waals surface area contributed by atoms with Gasteiger partial charge in [-0.3, -0.25) is 14.7 Å². The number of carbonyl (C=O) groups is 1. The molecule has 0 aliphatic heterocycles. The molecule has 6 heteroatoms. The van der Waals surface area contributed by atoms with Gasteiger partial charge in [-0.05, 0) is 26.0 Å². The van der Waals surface area contributed by atoms with Gasteiger partial charge in [0.25, 0.3) is 11.5 Å². The molecule has 0 unspecified atom stereocenters. The van der Waals surface area contributed by atoms with Crippen LogP contribution in [0.25, 0.3) is 0 Å². The maximum absolute atomic E-state index is 11.9. The number of H-pyrrole nitrogens is 2. The number of nitrogens with one attached hydrogen (secondary N) is 3. The topological polar surface area (TPSA) is 90.6 Å². The fraction of sp³-hybridized carbons (Fsp3) is 0.182. The van der Waals surface area contributed by atoms with E-state index in [-0.39, 0.29) is 5.56 Å². The van der Waals surface area contributed by atoms with Crippen molar-refractivity contribution < 1.29 is 4.79 Å². The van der Waals surface area contributed by atoms with E-state index in [1.165, 1.54) is 12.3 Å². The van der Waals surface area contributed by atoms with E-state index in [4.69, 9.17) is 0 Å². The molecule has 17 heavy (non-hydrogen) atoms. The Bertz CT molecular complexity index is 592. The van der Waals surface area contributed by atoms with Crippen LogP contribution in [-0.2, 0) is 0 Å². The second-order valence-electron chi connectivity index (χ2n) is 3.68. The Balaban J connectivity index is 2.30. The molecule has 2 aromatic heterocycles. The number of amides is 1. The molecule has 6 nitrogen and oxygen atoms in total. The number of anilines is 1. The van der Waals surface area contributed by atoms with Crippen LogP contribution in [0.15, 0.2) is 23.1 Å². The van der Waals surface area contributed by atoms with Gasteiger partial charge < -0.3 is 10.3 Å². The SMILES string of the molecule is Cc1n[nH]c(C)c1NC(=O)c1ccc[nH]c1=O. The van der Waals surface area contributed by atoms with Crippen molar-refractivity contribution in [2.75, 3.05) is 5.32 Å². The van der Waals surface area contributed by atoms with Gasteiger partial charge in [0.15, 0.2) is 0 Å². The summed E-state index contributed by atoms with van der Waals surface area (Å²) in [5, 5.41) is 9.38. The molecular weight excluding hydrogens is 220 g/mol. The number of hydrogen-bond donors (Lipinski definition) is 3. The molecule has 2 aromatic rings. The molecule has 0 aromatic carbocycles. The fourth-order valence-corrected chi connectivity index (χ4v) is 1.52. The molecule has 0 radical (unpaired) electrons. The van der Waals surface area contributed by atoms with Crippen molar-refractivity contribution >= 4 is 11.6 Å². The first-order valence-corrected chi connectivity index (χ1v) is 5.10. The lowest BCUT2D eigenvalue weighted by molar-refractivity contribution is 0.102. The number of nitrogens with zero attached hydrogens (tertiary/aromatic N) is 1. The third-order valence-electron chi connectivity index (χ3n) is 2.43. The van der Waals surface area contributed by atoms with Crippen LogP contribution in [0, 0.1) is 13.8 Å². The predicted octanol–water partition coefficient (Wildman–Crippen LogP) is 0.967. The maximum atomic E-state index is 11.9. The number of hydrogen-bond acceptors (Lipinski definition) is 3. The highest BCUT2D eigenvalue weighted by molar-refractivity contribution is 6.04. The number of carbonyl (C=O) groups excluding carboxylic acids is 1. The molecule has 0 atom stereocenters. The van der Waals surface area contributed by atoms with E-state index in [1.807, 2.05) is 0 Å². The minimum absolute atomic E-state index is 0.0764. The molecule has 2 rings (SSSR count).